The van der Waals surface area contributed by atoms with E-state index in [1.165, 1.54) is 9.80 Å². The van der Waals surface area contributed by atoms with Crippen LogP contribution < -0.4 is 0 Å². The Morgan fingerprint density at radius 3 is 1.26 bits per heavy atom. The molecule has 8 atom stereocenters. The van der Waals surface area contributed by atoms with Gasteiger partial charge in [-0.15, -0.1) is 0 Å². The molecule has 2 heterocycles. The standard InChI is InChI=1S/C26H40N4O4/c1-7-29(3,4)13-11-27-23(31)19-15-9-10-16(20(19)24(27)32)18-17(15)21-22(18)26(34)28(25(21)33)12-14-30(5,6)8-2/h9-10,15-22H,7-8,11-14H2,1-6H3/q+2/t15-,16+,17-,18-,19+,20-,21-,22-/m0/s1. The molecule has 2 saturated heterocycles. The largest absolute Gasteiger partial charge is 0.327 e. The van der Waals surface area contributed by atoms with Gasteiger partial charge in [-0.2, -0.15) is 0 Å². The van der Waals surface area contributed by atoms with E-state index in [2.05, 4.69) is 54.2 Å². The third kappa shape index (κ3) is 3.17. The van der Waals surface area contributed by atoms with Crippen LogP contribution in [0.1, 0.15) is 13.8 Å². The molecular weight excluding hydrogens is 432 g/mol. The zero-order chi connectivity index (χ0) is 24.7. The van der Waals surface area contributed by atoms with E-state index in [9.17, 15) is 19.2 Å². The number of hydrogen-bond acceptors (Lipinski definition) is 4. The Kier molecular flexibility index (Phi) is 5.37. The Labute approximate surface area is 202 Å². The molecule has 8 heteroatoms. The SMILES string of the molecule is CC[N+](C)(C)CCN1C(=O)[C@@H]2[C@@H](C1=O)[C@H]1[C@H]3C=C[C@H]([C@H]4C(=O)N(CC[N+](C)(C)CC)C(=O)[C@@H]34)[C@H]21. The Balaban J connectivity index is 1.36. The molecule has 0 spiro atoms. The first-order valence-corrected chi connectivity index (χ1v) is 13.0. The van der Waals surface area contributed by atoms with Crippen molar-refractivity contribution < 1.29 is 28.1 Å². The topological polar surface area (TPSA) is 74.8 Å². The second-order valence-electron chi connectivity index (χ2n) is 12.4. The van der Waals surface area contributed by atoms with Crippen molar-refractivity contribution in [1.82, 2.24) is 9.80 Å². The van der Waals surface area contributed by atoms with E-state index in [0.29, 0.717) is 13.1 Å². The monoisotopic (exact) mass is 472 g/mol. The Bertz CT molecular complexity index is 916. The summed E-state index contributed by atoms with van der Waals surface area (Å²) in [5.74, 6) is -1.82. The van der Waals surface area contributed by atoms with E-state index in [1.54, 1.807) is 0 Å². The van der Waals surface area contributed by atoms with Crippen molar-refractivity contribution in [2.75, 3.05) is 67.5 Å². The lowest BCUT2D eigenvalue weighted by Crippen LogP contribution is -2.63. The summed E-state index contributed by atoms with van der Waals surface area (Å²) in [5.41, 5.74) is 0. The van der Waals surface area contributed by atoms with E-state index >= 15 is 0 Å². The number of allylic oxidation sites excluding steroid dienone is 2. The number of nitrogens with zero attached hydrogens (tertiary/aromatic N) is 4. The number of likely N-dealkylation sites (tertiary alicyclic amines) is 2. The number of hydrogen-bond donors (Lipinski definition) is 0. The van der Waals surface area contributed by atoms with Gasteiger partial charge >= 0.3 is 0 Å². The maximum Gasteiger partial charge on any atom is 0.233 e. The van der Waals surface area contributed by atoms with Crippen LogP contribution in [0.2, 0.25) is 0 Å². The summed E-state index contributed by atoms with van der Waals surface area (Å²) < 4.78 is 1.50. The lowest BCUT2D eigenvalue weighted by Gasteiger charge is -2.60. The molecule has 2 aliphatic heterocycles. The molecule has 6 aliphatic rings. The van der Waals surface area contributed by atoms with E-state index in [1.807, 2.05) is 0 Å². The highest BCUT2D eigenvalue weighted by Gasteiger charge is 2.74. The maximum atomic E-state index is 13.5. The van der Waals surface area contributed by atoms with Crippen molar-refractivity contribution in [2.24, 2.45) is 47.3 Å². The average Bonchev–Trinajstić information content (AvgIpc) is 3.15. The van der Waals surface area contributed by atoms with Gasteiger partial charge in [-0.25, -0.2) is 0 Å². The lowest BCUT2D eigenvalue weighted by molar-refractivity contribution is -0.887. The summed E-state index contributed by atoms with van der Waals surface area (Å²) in [6.07, 6.45) is 4.17. The number of likely N-dealkylation sites (N-methyl/N-ethyl adjacent to an activating group) is 2. The normalized spacial score (nSPS) is 38.4. The summed E-state index contributed by atoms with van der Waals surface area (Å²) in [6.45, 7) is 8.41. The number of quaternary nitrogens is 2. The minimum Gasteiger partial charge on any atom is -0.327 e. The van der Waals surface area contributed by atoms with Gasteiger partial charge in [0, 0.05) is 0 Å². The van der Waals surface area contributed by atoms with Crippen molar-refractivity contribution in [2.45, 2.75) is 13.8 Å². The van der Waals surface area contributed by atoms with Crippen LogP contribution in [0.25, 0.3) is 0 Å². The molecule has 4 fully saturated rings. The highest BCUT2D eigenvalue weighted by atomic mass is 16.2. The zero-order valence-electron chi connectivity index (χ0n) is 21.4. The minimum atomic E-state index is -0.366. The van der Waals surface area contributed by atoms with Crippen molar-refractivity contribution in [3.63, 3.8) is 0 Å². The molecule has 34 heavy (non-hydrogen) atoms. The number of fused-ring (bicyclic) bond motifs is 1. The fourth-order valence-electron chi connectivity index (χ4n) is 7.22. The van der Waals surface area contributed by atoms with Crippen LogP contribution in [0.3, 0.4) is 0 Å². The number of carbonyl (C=O) groups excluding carboxylic acids is 4. The summed E-state index contributed by atoms with van der Waals surface area (Å²) >= 11 is 0. The van der Waals surface area contributed by atoms with Crippen LogP contribution in [-0.2, 0) is 19.2 Å². The Morgan fingerprint density at radius 2 is 0.941 bits per heavy atom. The van der Waals surface area contributed by atoms with Gasteiger partial charge in [-0.05, 0) is 37.5 Å². The molecule has 0 N–H and O–H groups in total. The second kappa shape index (κ2) is 7.72. The molecule has 4 aliphatic carbocycles. The fraction of sp³-hybridized carbons (Fsp3) is 0.769. The maximum absolute atomic E-state index is 13.5. The summed E-state index contributed by atoms with van der Waals surface area (Å²) in [4.78, 5) is 56.7. The molecule has 4 amide bonds. The van der Waals surface area contributed by atoms with Crippen LogP contribution in [0, 0.1) is 47.3 Å². The molecule has 0 radical (unpaired) electrons. The third-order valence-corrected chi connectivity index (χ3v) is 10.1. The zero-order valence-corrected chi connectivity index (χ0v) is 21.4. The van der Waals surface area contributed by atoms with E-state index < -0.39 is 0 Å². The first-order valence-electron chi connectivity index (χ1n) is 13.0. The van der Waals surface area contributed by atoms with Gasteiger partial charge in [0.15, 0.2) is 0 Å². The van der Waals surface area contributed by atoms with Gasteiger partial charge in [0.05, 0.1) is 91.1 Å². The van der Waals surface area contributed by atoms with Gasteiger partial charge in [0.25, 0.3) is 0 Å². The van der Waals surface area contributed by atoms with Gasteiger partial charge in [0.2, 0.25) is 23.6 Å². The molecular formula is C26H40N4O4+2. The number of imide groups is 2. The molecule has 0 aromatic carbocycles. The predicted octanol–water partition coefficient (Wildman–Crippen LogP) is 0.443. The van der Waals surface area contributed by atoms with Crippen LogP contribution in [0.15, 0.2) is 12.2 Å². The molecule has 2 bridgehead atoms. The molecule has 8 nitrogen and oxygen atoms in total. The average molecular weight is 473 g/mol. The smallest absolute Gasteiger partial charge is 0.233 e. The minimum absolute atomic E-state index is 0.0101. The van der Waals surface area contributed by atoms with Gasteiger partial charge in [-0.1, -0.05) is 12.2 Å². The van der Waals surface area contributed by atoms with Crippen LogP contribution in [0.4, 0.5) is 0 Å². The van der Waals surface area contributed by atoms with Crippen molar-refractivity contribution in [3.8, 4) is 0 Å². The first kappa shape index (κ1) is 23.7. The molecule has 186 valence electrons. The van der Waals surface area contributed by atoms with Gasteiger partial charge in [-0.3, -0.25) is 29.0 Å². The third-order valence-electron chi connectivity index (χ3n) is 10.1. The molecule has 0 aromatic heterocycles. The molecule has 0 unspecified atom stereocenters. The van der Waals surface area contributed by atoms with E-state index in [-0.39, 0.29) is 71.0 Å². The highest BCUT2D eigenvalue weighted by molar-refractivity contribution is 6.09. The molecule has 2 saturated carbocycles. The van der Waals surface area contributed by atoms with E-state index in [4.69, 9.17) is 0 Å². The predicted molar refractivity (Wildman–Crippen MR) is 126 cm³/mol. The van der Waals surface area contributed by atoms with Crippen LogP contribution in [-0.4, -0.2) is 110 Å². The Hall–Kier alpha value is -2.06. The van der Waals surface area contributed by atoms with E-state index in [0.717, 1.165) is 35.1 Å². The summed E-state index contributed by atoms with van der Waals surface area (Å²) in [7, 11) is 8.42. The Morgan fingerprint density at radius 1 is 0.618 bits per heavy atom. The van der Waals surface area contributed by atoms with Crippen molar-refractivity contribution >= 4 is 23.6 Å². The molecule has 0 aromatic rings. The molecule has 6 rings (SSSR count). The van der Waals surface area contributed by atoms with Crippen molar-refractivity contribution in [1.29, 1.82) is 0 Å². The summed E-state index contributed by atoms with van der Waals surface area (Å²) in [5, 5.41) is 0. The number of rotatable bonds is 8. The van der Waals surface area contributed by atoms with Gasteiger partial charge in [0.1, 0.15) is 0 Å². The quantitative estimate of drug-likeness (QED) is 0.292. The fourth-order valence-corrected chi connectivity index (χ4v) is 7.22. The lowest BCUT2D eigenvalue weighted by atomic mass is 9.40. The summed E-state index contributed by atoms with van der Waals surface area (Å²) in [6, 6.07) is 0. The number of amides is 4. The van der Waals surface area contributed by atoms with Gasteiger partial charge < -0.3 is 8.97 Å². The highest BCUT2D eigenvalue weighted by Crippen LogP contribution is 2.68. The van der Waals surface area contributed by atoms with Crippen molar-refractivity contribution in [3.05, 3.63) is 12.2 Å². The first-order chi connectivity index (χ1) is 15.9. The van der Waals surface area contributed by atoms with Crippen LogP contribution in [0.5, 0.6) is 0 Å². The second-order valence-corrected chi connectivity index (χ2v) is 12.4. The van der Waals surface area contributed by atoms with Crippen LogP contribution >= 0.6 is 0 Å². The number of carbonyl (C=O) groups is 4.